The Hall–Kier alpha value is -1.05. The van der Waals surface area contributed by atoms with Crippen molar-refractivity contribution in [3.63, 3.8) is 0 Å². The first-order valence-corrected chi connectivity index (χ1v) is 5.77. The number of anilines is 2. The molecular formula is C8H15N5OS. The molecule has 6 nitrogen and oxygen atoms in total. The molecule has 0 saturated carbocycles. The fraction of sp³-hybridized carbons (Fsp3) is 0.500. The van der Waals surface area contributed by atoms with E-state index in [9.17, 15) is 0 Å². The van der Waals surface area contributed by atoms with Gasteiger partial charge in [0.25, 0.3) is 0 Å². The number of thioether (sulfide) groups is 1. The van der Waals surface area contributed by atoms with Crippen LogP contribution in [0.15, 0.2) is 11.2 Å². The van der Waals surface area contributed by atoms with Gasteiger partial charge in [0.2, 0.25) is 0 Å². The van der Waals surface area contributed by atoms with Gasteiger partial charge in [0.1, 0.15) is 11.6 Å². The topological polar surface area (TPSA) is 96.1 Å². The quantitative estimate of drug-likeness (QED) is 0.183. The molecule has 0 fully saturated rings. The summed E-state index contributed by atoms with van der Waals surface area (Å²) < 4.78 is 0. The van der Waals surface area contributed by atoms with Crippen molar-refractivity contribution in [2.24, 2.45) is 5.84 Å². The van der Waals surface area contributed by atoms with Crippen LogP contribution in [0, 0.1) is 0 Å². The minimum atomic E-state index is 0.162. The zero-order valence-corrected chi connectivity index (χ0v) is 9.34. The average molecular weight is 229 g/mol. The molecule has 5 N–H and O–H groups in total. The fourth-order valence-corrected chi connectivity index (χ4v) is 1.36. The van der Waals surface area contributed by atoms with E-state index in [-0.39, 0.29) is 6.61 Å². The number of aliphatic hydroxyl groups excluding tert-OH is 1. The third-order valence-corrected chi connectivity index (χ3v) is 2.22. The molecule has 0 amide bonds. The predicted molar refractivity (Wildman–Crippen MR) is 61.8 cm³/mol. The second-order valence-corrected chi connectivity index (χ2v) is 3.55. The summed E-state index contributed by atoms with van der Waals surface area (Å²) in [5.74, 6) is 6.55. The molecular weight excluding hydrogens is 214 g/mol. The molecule has 0 unspecified atom stereocenters. The summed E-state index contributed by atoms with van der Waals surface area (Å²) in [5, 5.41) is 12.4. The standard InChI is InChI=1S/C8H15N5OS/c1-15-8-11-6(10-3-2-4-14)5-7(12-8)13-9/h5,14H,2-4,9H2,1H3,(H2,10,11,12,13). The van der Waals surface area contributed by atoms with E-state index in [0.29, 0.717) is 29.8 Å². The number of nitrogen functional groups attached to an aromatic ring is 1. The monoisotopic (exact) mass is 229 g/mol. The Bertz CT molecular complexity index is 287. The van der Waals surface area contributed by atoms with E-state index < -0.39 is 0 Å². The zero-order valence-electron chi connectivity index (χ0n) is 8.53. The third-order valence-electron chi connectivity index (χ3n) is 1.68. The number of aromatic nitrogens is 2. The molecule has 0 aromatic carbocycles. The van der Waals surface area contributed by atoms with Crippen LogP contribution in [0.4, 0.5) is 11.6 Å². The van der Waals surface area contributed by atoms with Gasteiger partial charge in [-0.1, -0.05) is 11.8 Å². The van der Waals surface area contributed by atoms with E-state index >= 15 is 0 Å². The van der Waals surface area contributed by atoms with Crippen LogP contribution in [-0.4, -0.2) is 34.5 Å². The third kappa shape index (κ3) is 3.90. The van der Waals surface area contributed by atoms with Crippen LogP contribution in [0.25, 0.3) is 0 Å². The van der Waals surface area contributed by atoms with Gasteiger partial charge in [-0.25, -0.2) is 15.8 Å². The molecule has 0 aliphatic rings. The highest BCUT2D eigenvalue weighted by atomic mass is 32.2. The van der Waals surface area contributed by atoms with Crippen molar-refractivity contribution in [2.75, 3.05) is 30.1 Å². The normalized spacial score (nSPS) is 10.1. The van der Waals surface area contributed by atoms with Crippen LogP contribution in [0.5, 0.6) is 0 Å². The van der Waals surface area contributed by atoms with Crippen LogP contribution < -0.4 is 16.6 Å². The molecule has 0 spiro atoms. The number of hydrogen-bond donors (Lipinski definition) is 4. The van der Waals surface area contributed by atoms with Gasteiger partial charge in [-0.05, 0) is 12.7 Å². The highest BCUT2D eigenvalue weighted by molar-refractivity contribution is 7.98. The minimum Gasteiger partial charge on any atom is -0.396 e. The van der Waals surface area contributed by atoms with Crippen LogP contribution in [-0.2, 0) is 0 Å². The summed E-state index contributed by atoms with van der Waals surface area (Å²) in [6.45, 7) is 0.834. The average Bonchev–Trinajstić information content (AvgIpc) is 2.29. The summed E-state index contributed by atoms with van der Waals surface area (Å²) in [7, 11) is 0. The number of nitrogens with two attached hydrogens (primary N) is 1. The van der Waals surface area contributed by atoms with Crippen molar-refractivity contribution in [2.45, 2.75) is 11.6 Å². The number of nitrogens with zero attached hydrogens (tertiary/aromatic N) is 2. The highest BCUT2D eigenvalue weighted by Gasteiger charge is 2.02. The van der Waals surface area contributed by atoms with Crippen LogP contribution in [0.1, 0.15) is 6.42 Å². The second-order valence-electron chi connectivity index (χ2n) is 2.77. The molecule has 1 aromatic heterocycles. The molecule has 0 saturated heterocycles. The Morgan fingerprint density at radius 2 is 2.20 bits per heavy atom. The molecule has 0 aliphatic heterocycles. The Morgan fingerprint density at radius 1 is 1.47 bits per heavy atom. The predicted octanol–water partition coefficient (Wildman–Crippen LogP) is 0.278. The van der Waals surface area contributed by atoms with E-state index in [1.54, 1.807) is 6.07 Å². The summed E-state index contributed by atoms with van der Waals surface area (Å²) in [5.41, 5.74) is 2.48. The van der Waals surface area contributed by atoms with Crippen molar-refractivity contribution < 1.29 is 5.11 Å². The Morgan fingerprint density at radius 3 is 2.80 bits per heavy atom. The molecule has 15 heavy (non-hydrogen) atoms. The second kappa shape index (κ2) is 6.44. The van der Waals surface area contributed by atoms with Gasteiger partial charge in [0.05, 0.1) is 0 Å². The van der Waals surface area contributed by atoms with E-state index in [4.69, 9.17) is 10.9 Å². The lowest BCUT2D eigenvalue weighted by Gasteiger charge is -2.07. The highest BCUT2D eigenvalue weighted by Crippen LogP contribution is 2.16. The first-order valence-electron chi connectivity index (χ1n) is 4.54. The van der Waals surface area contributed by atoms with E-state index in [0.717, 1.165) is 0 Å². The van der Waals surface area contributed by atoms with Crippen molar-refractivity contribution >= 4 is 23.4 Å². The van der Waals surface area contributed by atoms with Gasteiger partial charge in [-0.3, -0.25) is 0 Å². The van der Waals surface area contributed by atoms with Crippen LogP contribution in [0.2, 0.25) is 0 Å². The maximum Gasteiger partial charge on any atom is 0.191 e. The smallest absolute Gasteiger partial charge is 0.191 e. The summed E-state index contributed by atoms with van der Waals surface area (Å²) in [4.78, 5) is 8.36. The number of hydrazine groups is 1. The summed E-state index contributed by atoms with van der Waals surface area (Å²) in [6, 6.07) is 1.72. The fourth-order valence-electron chi connectivity index (χ4n) is 0.976. The first kappa shape index (κ1) is 12.0. The maximum absolute atomic E-state index is 8.64. The molecule has 0 aliphatic carbocycles. The Kier molecular flexibility index (Phi) is 5.16. The van der Waals surface area contributed by atoms with Gasteiger partial charge in [-0.2, -0.15) is 0 Å². The molecule has 0 bridgehead atoms. The molecule has 1 rings (SSSR count). The first-order chi connectivity index (χ1) is 7.30. The van der Waals surface area contributed by atoms with Crippen molar-refractivity contribution in [1.29, 1.82) is 0 Å². The van der Waals surface area contributed by atoms with Crippen LogP contribution >= 0.6 is 11.8 Å². The van der Waals surface area contributed by atoms with Crippen molar-refractivity contribution in [3.8, 4) is 0 Å². The number of aliphatic hydroxyl groups is 1. The largest absolute Gasteiger partial charge is 0.396 e. The lowest BCUT2D eigenvalue weighted by molar-refractivity contribution is 0.292. The molecule has 1 heterocycles. The molecule has 1 aromatic rings. The number of rotatable bonds is 6. The van der Waals surface area contributed by atoms with Crippen molar-refractivity contribution in [3.05, 3.63) is 6.07 Å². The summed E-state index contributed by atoms with van der Waals surface area (Å²) in [6.07, 6.45) is 2.58. The zero-order chi connectivity index (χ0) is 11.1. The molecule has 0 radical (unpaired) electrons. The SMILES string of the molecule is CSc1nc(NN)cc(NCCCO)n1. The summed E-state index contributed by atoms with van der Waals surface area (Å²) >= 11 is 1.44. The maximum atomic E-state index is 8.64. The number of hydrogen-bond acceptors (Lipinski definition) is 7. The lowest BCUT2D eigenvalue weighted by atomic mass is 10.4. The van der Waals surface area contributed by atoms with E-state index in [2.05, 4.69) is 20.7 Å². The van der Waals surface area contributed by atoms with Gasteiger partial charge in [0.15, 0.2) is 5.16 Å². The Balaban J connectivity index is 2.68. The lowest BCUT2D eigenvalue weighted by Crippen LogP contribution is -2.11. The minimum absolute atomic E-state index is 0.162. The molecule has 0 atom stereocenters. The van der Waals surface area contributed by atoms with E-state index in [1.807, 2.05) is 6.26 Å². The van der Waals surface area contributed by atoms with Gasteiger partial charge < -0.3 is 15.8 Å². The van der Waals surface area contributed by atoms with Gasteiger partial charge in [-0.15, -0.1) is 0 Å². The molecule has 84 valence electrons. The van der Waals surface area contributed by atoms with Crippen LogP contribution in [0.3, 0.4) is 0 Å². The van der Waals surface area contributed by atoms with Gasteiger partial charge in [0, 0.05) is 19.2 Å². The molecule has 7 heteroatoms. The van der Waals surface area contributed by atoms with E-state index in [1.165, 1.54) is 11.8 Å². The van der Waals surface area contributed by atoms with Crippen molar-refractivity contribution in [1.82, 2.24) is 9.97 Å². The number of nitrogens with one attached hydrogen (secondary N) is 2. The Labute approximate surface area is 92.7 Å². The van der Waals surface area contributed by atoms with Gasteiger partial charge >= 0.3 is 0 Å².